The molecule has 2 N–H and O–H groups in total. The summed E-state index contributed by atoms with van der Waals surface area (Å²) in [6.45, 7) is 2.06. The number of piperidine rings is 1. The molecule has 1 aromatic carbocycles. The second kappa shape index (κ2) is 7.71. The van der Waals surface area contributed by atoms with E-state index in [1.54, 1.807) is 18.2 Å². The molecule has 6 nitrogen and oxygen atoms in total. The molecule has 0 atom stereocenters. The number of sulfonamides is 1. The molecule has 1 saturated heterocycles. The molecule has 122 valence electrons. The van der Waals surface area contributed by atoms with E-state index in [-0.39, 0.29) is 29.8 Å². The highest BCUT2D eigenvalue weighted by Crippen LogP contribution is 2.09. The fourth-order valence-corrected chi connectivity index (χ4v) is 3.49. The van der Waals surface area contributed by atoms with Crippen LogP contribution in [0.1, 0.15) is 19.3 Å². The van der Waals surface area contributed by atoms with Gasteiger partial charge in [0.2, 0.25) is 15.9 Å². The van der Waals surface area contributed by atoms with Crippen molar-refractivity contribution in [3.63, 3.8) is 0 Å². The van der Waals surface area contributed by atoms with Crippen molar-refractivity contribution < 1.29 is 13.2 Å². The van der Waals surface area contributed by atoms with Crippen LogP contribution in [0.2, 0.25) is 0 Å². The van der Waals surface area contributed by atoms with Gasteiger partial charge in [0.05, 0.1) is 4.90 Å². The Kier molecular flexibility index (Phi) is 5.93. The molecular weight excluding hydrogens is 302 g/mol. The number of carbonyl (C=O) groups is 1. The van der Waals surface area contributed by atoms with Crippen LogP contribution in [0, 0.1) is 0 Å². The first-order valence-corrected chi connectivity index (χ1v) is 8.98. The third kappa shape index (κ3) is 5.08. The highest BCUT2D eigenvalue weighted by molar-refractivity contribution is 7.89. The van der Waals surface area contributed by atoms with Gasteiger partial charge in [0.15, 0.2) is 0 Å². The van der Waals surface area contributed by atoms with Gasteiger partial charge in [0.25, 0.3) is 0 Å². The van der Waals surface area contributed by atoms with Crippen LogP contribution in [0.5, 0.6) is 0 Å². The summed E-state index contributed by atoms with van der Waals surface area (Å²) >= 11 is 0. The Morgan fingerprint density at radius 1 is 1.23 bits per heavy atom. The molecule has 0 spiro atoms. The molecule has 0 radical (unpaired) electrons. The average molecular weight is 325 g/mol. The van der Waals surface area contributed by atoms with Gasteiger partial charge in [0.1, 0.15) is 0 Å². The van der Waals surface area contributed by atoms with Crippen LogP contribution < -0.4 is 10.0 Å². The molecule has 2 rings (SSSR count). The third-order valence-corrected chi connectivity index (χ3v) is 5.26. The second-order valence-electron chi connectivity index (χ2n) is 5.61. The molecule has 7 heteroatoms. The summed E-state index contributed by atoms with van der Waals surface area (Å²) in [5.74, 6) is -0.106. The van der Waals surface area contributed by atoms with E-state index in [2.05, 4.69) is 22.0 Å². The van der Waals surface area contributed by atoms with Crippen LogP contribution in [0.15, 0.2) is 35.2 Å². The SMILES string of the molecule is CN1CCC(NC(=O)CCNS(=O)(=O)c2ccccc2)CC1. The number of hydrogen-bond acceptors (Lipinski definition) is 4. The van der Waals surface area contributed by atoms with Gasteiger partial charge in [-0.15, -0.1) is 0 Å². The quantitative estimate of drug-likeness (QED) is 0.801. The number of nitrogens with zero attached hydrogens (tertiary/aromatic N) is 1. The third-order valence-electron chi connectivity index (χ3n) is 3.78. The van der Waals surface area contributed by atoms with Gasteiger partial charge in [-0.05, 0) is 45.1 Å². The Labute approximate surface area is 131 Å². The van der Waals surface area contributed by atoms with Crippen LogP contribution >= 0.6 is 0 Å². The molecule has 0 unspecified atom stereocenters. The van der Waals surface area contributed by atoms with Gasteiger partial charge in [-0.3, -0.25) is 4.79 Å². The Bertz CT molecular complexity index is 581. The van der Waals surface area contributed by atoms with Gasteiger partial charge >= 0.3 is 0 Å². The molecule has 0 aliphatic carbocycles. The Balaban J connectivity index is 1.73. The minimum atomic E-state index is -3.53. The van der Waals surface area contributed by atoms with Crippen molar-refractivity contribution in [3.8, 4) is 0 Å². The highest BCUT2D eigenvalue weighted by atomic mass is 32.2. The summed E-state index contributed by atoms with van der Waals surface area (Å²) in [5, 5.41) is 2.97. The van der Waals surface area contributed by atoms with E-state index in [9.17, 15) is 13.2 Å². The number of amides is 1. The fourth-order valence-electron chi connectivity index (χ4n) is 2.43. The molecular formula is C15H23N3O3S. The van der Waals surface area contributed by atoms with Gasteiger partial charge in [0, 0.05) is 19.0 Å². The average Bonchev–Trinajstić information content (AvgIpc) is 2.50. The molecule has 1 heterocycles. The number of rotatable bonds is 6. The van der Waals surface area contributed by atoms with Gasteiger partial charge < -0.3 is 10.2 Å². The summed E-state index contributed by atoms with van der Waals surface area (Å²) in [6.07, 6.45) is 2.04. The van der Waals surface area contributed by atoms with Crippen LogP contribution in [0.3, 0.4) is 0 Å². The number of benzene rings is 1. The van der Waals surface area contributed by atoms with Crippen molar-refractivity contribution in [2.75, 3.05) is 26.7 Å². The summed E-state index contributed by atoms with van der Waals surface area (Å²) in [4.78, 5) is 14.3. The maximum Gasteiger partial charge on any atom is 0.240 e. The largest absolute Gasteiger partial charge is 0.353 e. The lowest BCUT2D eigenvalue weighted by Gasteiger charge is -2.29. The van der Waals surface area contributed by atoms with Crippen LogP contribution in [-0.2, 0) is 14.8 Å². The lowest BCUT2D eigenvalue weighted by atomic mass is 10.1. The van der Waals surface area contributed by atoms with E-state index in [4.69, 9.17) is 0 Å². The van der Waals surface area contributed by atoms with E-state index in [0.29, 0.717) is 0 Å². The molecule has 22 heavy (non-hydrogen) atoms. The summed E-state index contributed by atoms with van der Waals surface area (Å²) in [5.41, 5.74) is 0. The normalized spacial score (nSPS) is 17.3. The van der Waals surface area contributed by atoms with Crippen molar-refractivity contribution in [1.29, 1.82) is 0 Å². The molecule has 1 aliphatic rings. The molecule has 0 saturated carbocycles. The molecule has 1 aromatic rings. The zero-order chi connectivity index (χ0) is 16.0. The molecule has 0 aromatic heterocycles. The molecule has 0 bridgehead atoms. The fraction of sp³-hybridized carbons (Fsp3) is 0.533. The van der Waals surface area contributed by atoms with Crippen molar-refractivity contribution >= 4 is 15.9 Å². The predicted molar refractivity (Wildman–Crippen MR) is 84.9 cm³/mol. The monoisotopic (exact) mass is 325 g/mol. The predicted octanol–water partition coefficient (Wildman–Crippen LogP) is 0.565. The molecule has 1 fully saturated rings. The zero-order valence-corrected chi connectivity index (χ0v) is 13.6. The van der Waals surface area contributed by atoms with Gasteiger partial charge in [-0.25, -0.2) is 13.1 Å². The lowest BCUT2D eigenvalue weighted by molar-refractivity contribution is -0.121. The first-order valence-electron chi connectivity index (χ1n) is 7.50. The van der Waals surface area contributed by atoms with Crippen molar-refractivity contribution in [2.24, 2.45) is 0 Å². The topological polar surface area (TPSA) is 78.5 Å². The first-order chi connectivity index (χ1) is 10.5. The lowest BCUT2D eigenvalue weighted by Crippen LogP contribution is -2.44. The number of carbonyl (C=O) groups excluding carboxylic acids is 1. The maximum atomic E-state index is 12.0. The second-order valence-corrected chi connectivity index (χ2v) is 7.37. The van der Waals surface area contributed by atoms with E-state index in [1.165, 1.54) is 12.1 Å². The Morgan fingerprint density at radius 3 is 2.50 bits per heavy atom. The van der Waals surface area contributed by atoms with Crippen molar-refractivity contribution in [3.05, 3.63) is 30.3 Å². The molecule has 1 aliphatic heterocycles. The van der Waals surface area contributed by atoms with E-state index in [0.717, 1.165) is 25.9 Å². The highest BCUT2D eigenvalue weighted by Gasteiger charge is 2.19. The minimum absolute atomic E-state index is 0.106. The van der Waals surface area contributed by atoms with Crippen molar-refractivity contribution in [2.45, 2.75) is 30.2 Å². The van der Waals surface area contributed by atoms with E-state index in [1.807, 2.05) is 0 Å². The van der Waals surface area contributed by atoms with Gasteiger partial charge in [-0.1, -0.05) is 18.2 Å². The van der Waals surface area contributed by atoms with E-state index < -0.39 is 10.0 Å². The Hall–Kier alpha value is -1.44. The number of likely N-dealkylation sites (tertiary alicyclic amines) is 1. The minimum Gasteiger partial charge on any atom is -0.353 e. The summed E-state index contributed by atoms with van der Waals surface area (Å²) < 4.78 is 26.4. The Morgan fingerprint density at radius 2 is 1.86 bits per heavy atom. The van der Waals surface area contributed by atoms with Crippen LogP contribution in [0.4, 0.5) is 0 Å². The van der Waals surface area contributed by atoms with Gasteiger partial charge in [-0.2, -0.15) is 0 Å². The summed E-state index contributed by atoms with van der Waals surface area (Å²) in [6, 6.07) is 8.35. The van der Waals surface area contributed by atoms with Crippen molar-refractivity contribution in [1.82, 2.24) is 14.9 Å². The zero-order valence-electron chi connectivity index (χ0n) is 12.8. The van der Waals surface area contributed by atoms with Crippen LogP contribution in [0.25, 0.3) is 0 Å². The van der Waals surface area contributed by atoms with E-state index >= 15 is 0 Å². The van der Waals surface area contributed by atoms with Crippen LogP contribution in [-0.4, -0.2) is 51.9 Å². The number of hydrogen-bond donors (Lipinski definition) is 2. The standard InChI is InChI=1S/C15H23N3O3S/c1-18-11-8-13(9-12-18)17-15(19)7-10-16-22(20,21)14-5-3-2-4-6-14/h2-6,13,16H,7-12H2,1H3,(H,17,19). The first kappa shape index (κ1) is 16.9. The maximum absolute atomic E-state index is 12.0. The summed E-state index contributed by atoms with van der Waals surface area (Å²) in [7, 11) is -1.47. The number of nitrogens with one attached hydrogen (secondary N) is 2. The smallest absolute Gasteiger partial charge is 0.240 e. The molecule has 1 amide bonds.